The van der Waals surface area contributed by atoms with Crippen molar-refractivity contribution >= 4 is 11.9 Å². The number of hydrazine groups is 1. The van der Waals surface area contributed by atoms with Gasteiger partial charge >= 0.3 is 5.97 Å². The molecule has 1 saturated heterocycles. The van der Waals surface area contributed by atoms with Crippen LogP contribution < -0.4 is 20.9 Å². The van der Waals surface area contributed by atoms with E-state index in [1.807, 2.05) is 24.3 Å². The molecule has 2 atom stereocenters. The van der Waals surface area contributed by atoms with Gasteiger partial charge in [-0.2, -0.15) is 0 Å². The molecule has 2 aromatic carbocycles. The Balaban J connectivity index is 1.59. The van der Waals surface area contributed by atoms with Gasteiger partial charge in [0.15, 0.2) is 0 Å². The van der Waals surface area contributed by atoms with Gasteiger partial charge in [0.05, 0.1) is 25.3 Å². The van der Waals surface area contributed by atoms with Crippen LogP contribution >= 0.6 is 0 Å². The average Bonchev–Trinajstić information content (AvgIpc) is 3.10. The lowest BCUT2D eigenvalue weighted by molar-refractivity contribution is -0.121. The lowest BCUT2D eigenvalue weighted by Crippen LogP contribution is -2.44. The van der Waals surface area contributed by atoms with Gasteiger partial charge in [-0.1, -0.05) is 30.3 Å². The van der Waals surface area contributed by atoms with Crippen LogP contribution in [0.15, 0.2) is 48.5 Å². The molecule has 2 aromatic rings. The van der Waals surface area contributed by atoms with Crippen LogP contribution in [0.25, 0.3) is 0 Å². The van der Waals surface area contributed by atoms with Crippen LogP contribution in [0.1, 0.15) is 33.9 Å². The third-order valence-electron chi connectivity index (χ3n) is 4.33. The summed E-state index contributed by atoms with van der Waals surface area (Å²) in [5.74, 6) is -0.487. The number of aromatic carboxylic acids is 1. The smallest absolute Gasteiger partial charge is 0.335 e. The van der Waals surface area contributed by atoms with Crippen LogP contribution in [-0.4, -0.2) is 30.3 Å². The molecule has 1 heterocycles. The Morgan fingerprint density at radius 2 is 2.00 bits per heavy atom. The Hall–Kier alpha value is -2.90. The van der Waals surface area contributed by atoms with E-state index in [9.17, 15) is 14.7 Å². The van der Waals surface area contributed by atoms with E-state index in [1.165, 1.54) is 6.07 Å². The highest BCUT2D eigenvalue weighted by Gasteiger charge is 2.26. The zero-order chi connectivity index (χ0) is 18.5. The van der Waals surface area contributed by atoms with Gasteiger partial charge in [0, 0.05) is 12.5 Å². The number of benzene rings is 2. The molecule has 1 fully saturated rings. The summed E-state index contributed by atoms with van der Waals surface area (Å²) in [6.45, 7) is 0. The molecule has 0 aromatic heterocycles. The van der Waals surface area contributed by atoms with Crippen LogP contribution in [0.2, 0.25) is 0 Å². The van der Waals surface area contributed by atoms with Crippen LogP contribution in [0.3, 0.4) is 0 Å². The van der Waals surface area contributed by atoms with Gasteiger partial charge < -0.3 is 15.2 Å². The van der Waals surface area contributed by atoms with Crippen molar-refractivity contribution in [2.45, 2.75) is 25.0 Å². The summed E-state index contributed by atoms with van der Waals surface area (Å²) in [5.41, 5.74) is 7.92. The van der Waals surface area contributed by atoms with Crippen molar-refractivity contribution in [1.29, 1.82) is 0 Å². The van der Waals surface area contributed by atoms with Crippen LogP contribution in [-0.2, 0) is 11.2 Å². The fourth-order valence-electron chi connectivity index (χ4n) is 3.03. The summed E-state index contributed by atoms with van der Waals surface area (Å²) < 4.78 is 5.24. The van der Waals surface area contributed by atoms with E-state index in [-0.39, 0.29) is 30.1 Å². The minimum atomic E-state index is -1.04. The number of carboxylic acid groups (broad SMARTS) is 1. The van der Waals surface area contributed by atoms with Crippen LogP contribution in [0.4, 0.5) is 0 Å². The maximum atomic E-state index is 12.3. The Morgan fingerprint density at radius 3 is 2.77 bits per heavy atom. The van der Waals surface area contributed by atoms with E-state index >= 15 is 0 Å². The first-order chi connectivity index (χ1) is 12.6. The van der Waals surface area contributed by atoms with Crippen molar-refractivity contribution in [3.63, 3.8) is 0 Å². The summed E-state index contributed by atoms with van der Waals surface area (Å²) in [7, 11) is 1.62. The van der Waals surface area contributed by atoms with Gasteiger partial charge in [-0.15, -0.1) is 0 Å². The predicted octanol–water partition coefficient (Wildman–Crippen LogP) is 1.62. The highest BCUT2D eigenvalue weighted by Crippen LogP contribution is 2.24. The first-order valence-electron chi connectivity index (χ1n) is 8.32. The topological polar surface area (TPSA) is 99.7 Å². The molecule has 3 rings (SSSR count). The largest absolute Gasteiger partial charge is 0.497 e. The normalized spacial score (nSPS) is 19.1. The van der Waals surface area contributed by atoms with E-state index in [4.69, 9.17) is 4.74 Å². The molecule has 7 nitrogen and oxygen atoms in total. The quantitative estimate of drug-likeness (QED) is 0.628. The first kappa shape index (κ1) is 17.9. The molecule has 0 spiro atoms. The maximum absolute atomic E-state index is 12.3. The molecule has 1 amide bonds. The number of methoxy groups -OCH3 is 1. The van der Waals surface area contributed by atoms with E-state index in [0.717, 1.165) is 11.3 Å². The molecule has 4 N–H and O–H groups in total. The number of rotatable bonds is 6. The molecular weight excluding hydrogens is 334 g/mol. The molecule has 0 bridgehead atoms. The minimum Gasteiger partial charge on any atom is -0.497 e. The summed E-state index contributed by atoms with van der Waals surface area (Å²) >= 11 is 0. The first-order valence-corrected chi connectivity index (χ1v) is 8.32. The molecule has 7 heteroatoms. The Kier molecular flexibility index (Phi) is 5.50. The van der Waals surface area contributed by atoms with E-state index in [0.29, 0.717) is 12.0 Å². The SMILES string of the molecule is COc1cccc(C2CC(NC(=O)Cc3ccccc3C(=O)O)NN2)c1. The van der Waals surface area contributed by atoms with Crippen molar-refractivity contribution in [3.8, 4) is 5.75 Å². The number of hydrogen-bond donors (Lipinski definition) is 4. The zero-order valence-electron chi connectivity index (χ0n) is 14.4. The lowest BCUT2D eigenvalue weighted by Gasteiger charge is -2.13. The predicted molar refractivity (Wildman–Crippen MR) is 95.7 cm³/mol. The van der Waals surface area contributed by atoms with Crippen molar-refractivity contribution < 1.29 is 19.4 Å². The van der Waals surface area contributed by atoms with Crippen molar-refractivity contribution in [3.05, 3.63) is 65.2 Å². The van der Waals surface area contributed by atoms with E-state index in [1.54, 1.807) is 25.3 Å². The molecule has 1 aliphatic heterocycles. The second-order valence-electron chi connectivity index (χ2n) is 6.11. The van der Waals surface area contributed by atoms with Crippen molar-refractivity contribution in [2.75, 3.05) is 7.11 Å². The maximum Gasteiger partial charge on any atom is 0.335 e. The Bertz CT molecular complexity index is 809. The van der Waals surface area contributed by atoms with Crippen molar-refractivity contribution in [2.24, 2.45) is 0 Å². The number of carboxylic acids is 1. The summed E-state index contributed by atoms with van der Waals surface area (Å²) in [6, 6.07) is 14.3. The zero-order valence-corrected chi connectivity index (χ0v) is 14.4. The third-order valence-corrected chi connectivity index (χ3v) is 4.33. The van der Waals surface area contributed by atoms with Crippen molar-refractivity contribution in [1.82, 2.24) is 16.2 Å². The van der Waals surface area contributed by atoms with Gasteiger partial charge in [0.25, 0.3) is 0 Å². The second-order valence-corrected chi connectivity index (χ2v) is 6.11. The number of carbonyl (C=O) groups is 2. The summed E-state index contributed by atoms with van der Waals surface area (Å²) in [6.07, 6.45) is 0.444. The second kappa shape index (κ2) is 7.99. The molecule has 26 heavy (non-hydrogen) atoms. The van der Waals surface area contributed by atoms with E-state index in [2.05, 4.69) is 16.2 Å². The van der Waals surface area contributed by atoms with Crippen LogP contribution in [0.5, 0.6) is 5.75 Å². The fourth-order valence-corrected chi connectivity index (χ4v) is 3.03. The van der Waals surface area contributed by atoms with Gasteiger partial charge in [0.2, 0.25) is 5.91 Å². The molecule has 0 aliphatic carbocycles. The molecule has 2 unspecified atom stereocenters. The monoisotopic (exact) mass is 355 g/mol. The van der Waals surface area contributed by atoms with Gasteiger partial charge in [0.1, 0.15) is 5.75 Å². The Morgan fingerprint density at radius 1 is 1.19 bits per heavy atom. The molecule has 0 radical (unpaired) electrons. The highest BCUT2D eigenvalue weighted by atomic mass is 16.5. The number of nitrogens with one attached hydrogen (secondary N) is 3. The number of ether oxygens (including phenoxy) is 1. The van der Waals surface area contributed by atoms with Crippen LogP contribution in [0, 0.1) is 0 Å². The fraction of sp³-hybridized carbons (Fsp3) is 0.263. The molecular formula is C19H21N3O4. The number of carbonyl (C=O) groups excluding carboxylic acids is 1. The standard InChI is InChI=1S/C19H21N3O4/c1-26-14-7-4-6-13(9-14)16-11-17(22-21-16)20-18(23)10-12-5-2-3-8-15(12)19(24)25/h2-9,16-17,21-22H,10-11H2,1H3,(H,20,23)(H,24,25). The van der Waals surface area contributed by atoms with Gasteiger partial charge in [-0.25, -0.2) is 15.6 Å². The summed E-state index contributed by atoms with van der Waals surface area (Å²) in [4.78, 5) is 23.5. The highest BCUT2D eigenvalue weighted by molar-refractivity contribution is 5.91. The van der Waals surface area contributed by atoms with Gasteiger partial charge in [-0.05, 0) is 29.3 Å². The number of amides is 1. The third kappa shape index (κ3) is 4.19. The Labute approximate surface area is 151 Å². The average molecular weight is 355 g/mol. The molecule has 1 aliphatic rings. The lowest BCUT2D eigenvalue weighted by atomic mass is 10.0. The van der Waals surface area contributed by atoms with Gasteiger partial charge in [-0.3, -0.25) is 4.79 Å². The summed E-state index contributed by atoms with van der Waals surface area (Å²) in [5, 5.41) is 12.1. The molecule has 0 saturated carbocycles. The van der Waals surface area contributed by atoms with E-state index < -0.39 is 5.97 Å². The molecule has 136 valence electrons. The number of hydrogen-bond acceptors (Lipinski definition) is 5. The minimum absolute atomic E-state index is 0.0183.